The lowest BCUT2D eigenvalue weighted by Crippen LogP contribution is -2.47. The maximum absolute atomic E-state index is 11.5. The number of ether oxygens (including phenoxy) is 1. The van der Waals surface area contributed by atoms with Crippen molar-refractivity contribution in [3.05, 3.63) is 0 Å². The number of hydrogen-bond acceptors (Lipinski definition) is 5. The first-order valence-electron chi connectivity index (χ1n) is 6.35. The maximum Gasteiger partial charge on any atom is 0.326 e. The van der Waals surface area contributed by atoms with Crippen LogP contribution in [-0.2, 0) is 14.3 Å². The van der Waals surface area contributed by atoms with E-state index in [0.29, 0.717) is 0 Å². The molecule has 0 radical (unpaired) electrons. The molecule has 0 rings (SSSR count). The van der Waals surface area contributed by atoms with E-state index in [1.54, 1.807) is 20.8 Å². The molecule has 8 heteroatoms. The lowest BCUT2D eigenvalue weighted by Gasteiger charge is -2.20. The Morgan fingerprint density at radius 3 is 2.35 bits per heavy atom. The van der Waals surface area contributed by atoms with Gasteiger partial charge in [-0.1, -0.05) is 0 Å². The van der Waals surface area contributed by atoms with Crippen molar-refractivity contribution in [2.45, 2.75) is 45.3 Å². The van der Waals surface area contributed by atoms with Crippen LogP contribution in [-0.4, -0.2) is 47.8 Å². The molecular formula is C12H23N3O5. The average Bonchev–Trinajstić information content (AvgIpc) is 2.29. The molecule has 0 aromatic carbocycles. The third-order valence-corrected chi connectivity index (χ3v) is 2.09. The number of amides is 2. The van der Waals surface area contributed by atoms with E-state index in [-0.39, 0.29) is 25.9 Å². The van der Waals surface area contributed by atoms with E-state index >= 15 is 0 Å². The number of nitrogens with one attached hydrogen (secondary N) is 2. The van der Waals surface area contributed by atoms with Crippen molar-refractivity contribution in [3.8, 4) is 0 Å². The van der Waals surface area contributed by atoms with Crippen LogP contribution >= 0.6 is 0 Å². The Morgan fingerprint density at radius 1 is 1.30 bits per heavy atom. The topological polar surface area (TPSA) is 131 Å². The second kappa shape index (κ2) is 8.36. The minimum Gasteiger partial charge on any atom is -0.480 e. The van der Waals surface area contributed by atoms with E-state index in [2.05, 4.69) is 10.6 Å². The Bertz CT molecular complexity index is 351. The summed E-state index contributed by atoms with van der Waals surface area (Å²) in [5, 5.41) is 13.6. The molecule has 0 aliphatic heterocycles. The van der Waals surface area contributed by atoms with Crippen molar-refractivity contribution in [2.75, 3.05) is 13.1 Å². The van der Waals surface area contributed by atoms with Crippen molar-refractivity contribution in [3.63, 3.8) is 0 Å². The molecule has 8 nitrogen and oxygen atoms in total. The molecule has 20 heavy (non-hydrogen) atoms. The summed E-state index contributed by atoms with van der Waals surface area (Å²) in [5.41, 5.74) is 4.58. The van der Waals surface area contributed by atoms with Crippen LogP contribution in [0.2, 0.25) is 0 Å². The number of urea groups is 1. The van der Waals surface area contributed by atoms with Gasteiger partial charge in [-0.15, -0.1) is 0 Å². The van der Waals surface area contributed by atoms with Gasteiger partial charge < -0.3 is 26.2 Å². The van der Waals surface area contributed by atoms with Gasteiger partial charge in [-0.3, -0.25) is 4.79 Å². The SMILES string of the molecule is CC(C)(C)OC(=O)CC[C@@H](NC(=O)NCCN)C(=O)O. The minimum absolute atomic E-state index is 0.0414. The van der Waals surface area contributed by atoms with Crippen LogP contribution in [0.3, 0.4) is 0 Å². The van der Waals surface area contributed by atoms with Gasteiger partial charge in [-0.05, 0) is 27.2 Å². The molecule has 0 saturated carbocycles. The number of carbonyl (C=O) groups excluding carboxylic acids is 2. The molecule has 0 bridgehead atoms. The molecule has 1 atom stereocenters. The summed E-state index contributed by atoms with van der Waals surface area (Å²) in [7, 11) is 0. The number of carboxylic acid groups (broad SMARTS) is 1. The molecule has 5 N–H and O–H groups in total. The second-order valence-electron chi connectivity index (χ2n) is 5.20. The van der Waals surface area contributed by atoms with E-state index in [9.17, 15) is 14.4 Å². The fraction of sp³-hybridized carbons (Fsp3) is 0.750. The monoisotopic (exact) mass is 289 g/mol. The van der Waals surface area contributed by atoms with E-state index in [0.717, 1.165) is 0 Å². The van der Waals surface area contributed by atoms with Crippen molar-refractivity contribution >= 4 is 18.0 Å². The van der Waals surface area contributed by atoms with Crippen molar-refractivity contribution in [2.24, 2.45) is 5.73 Å². The first kappa shape index (κ1) is 18.2. The number of carbonyl (C=O) groups is 3. The molecule has 0 aromatic heterocycles. The summed E-state index contributed by atoms with van der Waals surface area (Å²) in [6, 6.07) is -1.78. The maximum atomic E-state index is 11.5. The molecule has 2 amide bonds. The zero-order chi connectivity index (χ0) is 15.8. The molecule has 0 heterocycles. The van der Waals surface area contributed by atoms with Crippen molar-refractivity contribution < 1.29 is 24.2 Å². The third kappa shape index (κ3) is 9.15. The molecule has 116 valence electrons. The van der Waals surface area contributed by atoms with Crippen LogP contribution < -0.4 is 16.4 Å². The molecule has 0 fully saturated rings. The van der Waals surface area contributed by atoms with Crippen LogP contribution in [0.25, 0.3) is 0 Å². The highest BCUT2D eigenvalue weighted by Gasteiger charge is 2.23. The zero-order valence-electron chi connectivity index (χ0n) is 12.1. The highest BCUT2D eigenvalue weighted by Crippen LogP contribution is 2.10. The lowest BCUT2D eigenvalue weighted by atomic mass is 10.1. The Balaban J connectivity index is 4.25. The number of rotatable bonds is 7. The molecule has 0 spiro atoms. The largest absolute Gasteiger partial charge is 0.480 e. The first-order valence-corrected chi connectivity index (χ1v) is 6.35. The predicted molar refractivity (Wildman–Crippen MR) is 72.1 cm³/mol. The van der Waals surface area contributed by atoms with E-state index < -0.39 is 29.6 Å². The Kier molecular flexibility index (Phi) is 7.60. The summed E-state index contributed by atoms with van der Waals surface area (Å²) in [6.07, 6.45) is -0.133. The quantitative estimate of drug-likeness (QED) is 0.481. The summed E-state index contributed by atoms with van der Waals surface area (Å²) in [6.45, 7) is 5.65. The molecule has 0 aromatic rings. The number of carboxylic acids is 1. The lowest BCUT2D eigenvalue weighted by molar-refractivity contribution is -0.155. The summed E-state index contributed by atoms with van der Waals surface area (Å²) in [5.74, 6) is -1.72. The third-order valence-electron chi connectivity index (χ3n) is 2.09. The average molecular weight is 289 g/mol. The van der Waals surface area contributed by atoms with E-state index in [4.69, 9.17) is 15.6 Å². The van der Waals surface area contributed by atoms with E-state index in [1.807, 2.05) is 0 Å². The predicted octanol–water partition coefficient (Wildman–Crippen LogP) is -0.181. The van der Waals surface area contributed by atoms with Gasteiger partial charge in [0.05, 0.1) is 0 Å². The fourth-order valence-electron chi connectivity index (χ4n) is 1.31. The van der Waals surface area contributed by atoms with Crippen LogP contribution in [0, 0.1) is 0 Å². The van der Waals surface area contributed by atoms with Gasteiger partial charge in [0, 0.05) is 19.5 Å². The molecule has 0 aliphatic carbocycles. The fourth-order valence-corrected chi connectivity index (χ4v) is 1.31. The van der Waals surface area contributed by atoms with Gasteiger partial charge in [-0.2, -0.15) is 0 Å². The van der Waals surface area contributed by atoms with Gasteiger partial charge in [-0.25, -0.2) is 9.59 Å². The Hall–Kier alpha value is -1.83. The van der Waals surface area contributed by atoms with Gasteiger partial charge in [0.1, 0.15) is 11.6 Å². The molecule has 0 saturated heterocycles. The number of hydrogen-bond donors (Lipinski definition) is 4. The number of esters is 1. The van der Waals surface area contributed by atoms with Crippen molar-refractivity contribution in [1.82, 2.24) is 10.6 Å². The second-order valence-corrected chi connectivity index (χ2v) is 5.20. The van der Waals surface area contributed by atoms with Gasteiger partial charge in [0.2, 0.25) is 0 Å². The number of aliphatic carboxylic acids is 1. The summed E-state index contributed by atoms with van der Waals surface area (Å²) >= 11 is 0. The minimum atomic E-state index is -1.21. The molecule has 0 unspecified atom stereocenters. The van der Waals surface area contributed by atoms with Gasteiger partial charge in [0.15, 0.2) is 0 Å². The normalized spacial score (nSPS) is 12.4. The van der Waals surface area contributed by atoms with Crippen molar-refractivity contribution in [1.29, 1.82) is 0 Å². The van der Waals surface area contributed by atoms with Crippen LogP contribution in [0.15, 0.2) is 0 Å². The number of nitrogens with two attached hydrogens (primary N) is 1. The Morgan fingerprint density at radius 2 is 1.90 bits per heavy atom. The highest BCUT2D eigenvalue weighted by atomic mass is 16.6. The van der Waals surface area contributed by atoms with Crippen LogP contribution in [0.1, 0.15) is 33.6 Å². The first-order chi connectivity index (χ1) is 9.15. The molecular weight excluding hydrogens is 266 g/mol. The smallest absolute Gasteiger partial charge is 0.326 e. The van der Waals surface area contributed by atoms with Crippen LogP contribution in [0.4, 0.5) is 4.79 Å². The summed E-state index contributed by atoms with van der Waals surface area (Å²) < 4.78 is 5.06. The van der Waals surface area contributed by atoms with E-state index in [1.165, 1.54) is 0 Å². The highest BCUT2D eigenvalue weighted by molar-refractivity contribution is 5.83. The Labute approximate surface area is 118 Å². The van der Waals surface area contributed by atoms with Gasteiger partial charge >= 0.3 is 18.0 Å². The standard InChI is InChI=1S/C12H23N3O5/c1-12(2,3)20-9(16)5-4-8(10(17)18)15-11(19)14-7-6-13/h8H,4-7,13H2,1-3H3,(H,17,18)(H2,14,15,19)/t8-/m1/s1. The molecule has 0 aliphatic rings. The van der Waals surface area contributed by atoms with Gasteiger partial charge in [0.25, 0.3) is 0 Å². The zero-order valence-corrected chi connectivity index (χ0v) is 12.1. The van der Waals surface area contributed by atoms with Crippen LogP contribution in [0.5, 0.6) is 0 Å². The summed E-state index contributed by atoms with van der Waals surface area (Å²) in [4.78, 5) is 33.8.